The Kier molecular flexibility index (Phi) is 5.38. The largest absolute Gasteiger partial charge is 0.395 e. The Labute approximate surface area is 124 Å². The molecule has 1 aromatic heterocycles. The van der Waals surface area contributed by atoms with Crippen molar-refractivity contribution in [3.05, 3.63) is 28.5 Å². The Morgan fingerprint density at radius 3 is 2.70 bits per heavy atom. The van der Waals surface area contributed by atoms with Gasteiger partial charge in [0.05, 0.1) is 6.61 Å². The average molecular weight is 297 g/mol. The van der Waals surface area contributed by atoms with Crippen LogP contribution in [0.3, 0.4) is 0 Å². The normalized spacial score (nSPS) is 16.1. The maximum atomic E-state index is 12.7. The lowest BCUT2D eigenvalue weighted by atomic mass is 9.93. The van der Waals surface area contributed by atoms with E-state index in [0.717, 1.165) is 31.4 Å². The van der Waals surface area contributed by atoms with Crippen LogP contribution in [0, 0.1) is 6.92 Å². The average Bonchev–Trinajstić information content (AvgIpc) is 2.44. The fraction of sp³-hybridized carbons (Fsp3) is 0.600. The minimum absolute atomic E-state index is 0.0139. The second-order valence-corrected chi connectivity index (χ2v) is 5.72. The van der Waals surface area contributed by atoms with Gasteiger partial charge < -0.3 is 10.0 Å². The maximum Gasteiger partial charge on any atom is 0.254 e. The number of carbonyl (C=O) groups is 1. The van der Waals surface area contributed by atoms with Gasteiger partial charge >= 0.3 is 0 Å². The van der Waals surface area contributed by atoms with Crippen LogP contribution in [0.2, 0.25) is 5.15 Å². The first-order valence-electron chi connectivity index (χ1n) is 7.18. The molecule has 4 nitrogen and oxygen atoms in total. The molecular formula is C15H21ClN2O2. The van der Waals surface area contributed by atoms with Gasteiger partial charge in [-0.2, -0.15) is 0 Å². The van der Waals surface area contributed by atoms with Crippen LogP contribution in [-0.4, -0.2) is 40.1 Å². The number of aryl methyl sites for hydroxylation is 1. The lowest BCUT2D eigenvalue weighted by molar-refractivity contribution is 0.0585. The van der Waals surface area contributed by atoms with E-state index in [9.17, 15) is 9.90 Å². The number of rotatable bonds is 4. The molecule has 0 unspecified atom stereocenters. The van der Waals surface area contributed by atoms with Crippen molar-refractivity contribution in [2.45, 2.75) is 45.1 Å². The van der Waals surface area contributed by atoms with Gasteiger partial charge in [-0.15, -0.1) is 0 Å². The first-order chi connectivity index (χ1) is 9.61. The molecule has 0 spiro atoms. The standard InChI is InChI=1S/C15H21ClN2O2/c1-11-9-12(10-14(16)17-11)15(20)18(7-8-19)13-5-3-2-4-6-13/h9-10,13,19H,2-8H2,1H3. The Balaban J connectivity index is 2.20. The minimum atomic E-state index is -0.0571. The summed E-state index contributed by atoms with van der Waals surface area (Å²) in [6, 6.07) is 3.58. The van der Waals surface area contributed by atoms with E-state index in [-0.39, 0.29) is 18.6 Å². The SMILES string of the molecule is Cc1cc(C(=O)N(CCO)C2CCCCC2)cc(Cl)n1. The van der Waals surface area contributed by atoms with Gasteiger partial charge in [-0.3, -0.25) is 4.79 Å². The second kappa shape index (κ2) is 7.04. The molecule has 2 rings (SSSR count). The summed E-state index contributed by atoms with van der Waals surface area (Å²) in [4.78, 5) is 18.5. The van der Waals surface area contributed by atoms with E-state index < -0.39 is 0 Å². The highest BCUT2D eigenvalue weighted by Crippen LogP contribution is 2.24. The van der Waals surface area contributed by atoms with Crippen molar-refractivity contribution in [2.75, 3.05) is 13.2 Å². The highest BCUT2D eigenvalue weighted by Gasteiger charge is 2.26. The van der Waals surface area contributed by atoms with E-state index in [1.54, 1.807) is 17.0 Å². The van der Waals surface area contributed by atoms with Crippen LogP contribution >= 0.6 is 11.6 Å². The second-order valence-electron chi connectivity index (χ2n) is 5.33. The van der Waals surface area contributed by atoms with Crippen LogP contribution in [0.5, 0.6) is 0 Å². The van der Waals surface area contributed by atoms with Gasteiger partial charge in [0, 0.05) is 23.8 Å². The number of aliphatic hydroxyl groups is 1. The van der Waals surface area contributed by atoms with Crippen LogP contribution in [-0.2, 0) is 0 Å². The molecule has 1 amide bonds. The topological polar surface area (TPSA) is 53.4 Å². The summed E-state index contributed by atoms with van der Waals surface area (Å²) in [6.45, 7) is 2.18. The lowest BCUT2D eigenvalue weighted by Gasteiger charge is -2.34. The third-order valence-corrected chi connectivity index (χ3v) is 3.98. The van der Waals surface area contributed by atoms with Crippen LogP contribution < -0.4 is 0 Å². The summed E-state index contributed by atoms with van der Waals surface area (Å²) in [6.07, 6.45) is 5.57. The summed E-state index contributed by atoms with van der Waals surface area (Å²) in [7, 11) is 0. The summed E-state index contributed by atoms with van der Waals surface area (Å²) >= 11 is 5.93. The highest BCUT2D eigenvalue weighted by molar-refractivity contribution is 6.29. The first-order valence-corrected chi connectivity index (χ1v) is 7.55. The lowest BCUT2D eigenvalue weighted by Crippen LogP contribution is -2.43. The molecule has 0 saturated heterocycles. The van der Waals surface area contributed by atoms with Crippen molar-refractivity contribution >= 4 is 17.5 Å². The molecule has 1 aromatic rings. The molecule has 0 atom stereocenters. The van der Waals surface area contributed by atoms with E-state index in [1.807, 2.05) is 6.92 Å². The number of pyridine rings is 1. The molecule has 110 valence electrons. The summed E-state index contributed by atoms with van der Waals surface area (Å²) in [5, 5.41) is 9.57. The number of aliphatic hydroxyl groups excluding tert-OH is 1. The van der Waals surface area contributed by atoms with Crippen molar-refractivity contribution in [3.8, 4) is 0 Å². The third kappa shape index (κ3) is 3.70. The van der Waals surface area contributed by atoms with E-state index >= 15 is 0 Å². The molecule has 20 heavy (non-hydrogen) atoms. The predicted octanol–water partition coefficient (Wildman–Crippen LogP) is 2.81. The van der Waals surface area contributed by atoms with Crippen molar-refractivity contribution in [1.29, 1.82) is 0 Å². The molecule has 1 heterocycles. The zero-order valence-corrected chi connectivity index (χ0v) is 12.6. The smallest absolute Gasteiger partial charge is 0.254 e. The van der Waals surface area contributed by atoms with Gasteiger partial charge in [0.15, 0.2) is 0 Å². The molecule has 1 fully saturated rings. The van der Waals surface area contributed by atoms with Gasteiger partial charge in [-0.05, 0) is 31.9 Å². The van der Waals surface area contributed by atoms with Crippen molar-refractivity contribution in [2.24, 2.45) is 0 Å². The number of halogens is 1. The van der Waals surface area contributed by atoms with E-state index in [4.69, 9.17) is 11.6 Å². The molecule has 1 saturated carbocycles. The van der Waals surface area contributed by atoms with E-state index in [1.165, 1.54) is 6.42 Å². The van der Waals surface area contributed by atoms with E-state index in [2.05, 4.69) is 4.98 Å². The van der Waals surface area contributed by atoms with E-state index in [0.29, 0.717) is 17.3 Å². The van der Waals surface area contributed by atoms with Crippen LogP contribution in [0.15, 0.2) is 12.1 Å². The Bertz CT molecular complexity index is 453. The number of aromatic nitrogens is 1. The minimum Gasteiger partial charge on any atom is -0.395 e. The van der Waals surface area contributed by atoms with Crippen molar-refractivity contribution in [1.82, 2.24) is 9.88 Å². The predicted molar refractivity (Wildman–Crippen MR) is 79.0 cm³/mol. The van der Waals surface area contributed by atoms with Gasteiger partial charge in [-0.25, -0.2) is 4.98 Å². The number of hydrogen-bond donors (Lipinski definition) is 1. The zero-order valence-electron chi connectivity index (χ0n) is 11.8. The summed E-state index contributed by atoms with van der Waals surface area (Å²) < 4.78 is 0. The molecule has 0 radical (unpaired) electrons. The first kappa shape index (κ1) is 15.3. The summed E-state index contributed by atoms with van der Waals surface area (Å²) in [5.74, 6) is -0.0571. The zero-order chi connectivity index (χ0) is 14.5. The quantitative estimate of drug-likeness (QED) is 0.869. The Morgan fingerprint density at radius 1 is 1.40 bits per heavy atom. The molecule has 0 bridgehead atoms. The van der Waals surface area contributed by atoms with Gasteiger partial charge in [0.1, 0.15) is 5.15 Å². The third-order valence-electron chi connectivity index (χ3n) is 3.79. The number of amides is 1. The van der Waals surface area contributed by atoms with Gasteiger partial charge in [0.25, 0.3) is 5.91 Å². The number of hydrogen-bond acceptors (Lipinski definition) is 3. The molecule has 5 heteroatoms. The fourth-order valence-electron chi connectivity index (χ4n) is 2.87. The van der Waals surface area contributed by atoms with Crippen molar-refractivity contribution in [3.63, 3.8) is 0 Å². The van der Waals surface area contributed by atoms with Crippen LogP contribution in [0.25, 0.3) is 0 Å². The van der Waals surface area contributed by atoms with Gasteiger partial charge in [-0.1, -0.05) is 30.9 Å². The number of carbonyl (C=O) groups excluding carboxylic acids is 1. The monoisotopic (exact) mass is 296 g/mol. The highest BCUT2D eigenvalue weighted by atomic mass is 35.5. The van der Waals surface area contributed by atoms with Crippen molar-refractivity contribution < 1.29 is 9.90 Å². The molecular weight excluding hydrogens is 276 g/mol. The molecule has 1 aliphatic carbocycles. The van der Waals surface area contributed by atoms with Gasteiger partial charge in [0.2, 0.25) is 0 Å². The Morgan fingerprint density at radius 2 is 2.10 bits per heavy atom. The molecule has 0 aliphatic heterocycles. The van der Waals surface area contributed by atoms with Crippen LogP contribution in [0.1, 0.15) is 48.2 Å². The Hall–Kier alpha value is -1.13. The summed E-state index contributed by atoms with van der Waals surface area (Å²) in [5.41, 5.74) is 1.29. The molecule has 0 aromatic carbocycles. The fourth-order valence-corrected chi connectivity index (χ4v) is 3.12. The maximum absolute atomic E-state index is 12.7. The van der Waals surface area contributed by atoms with Crippen LogP contribution in [0.4, 0.5) is 0 Å². The molecule has 1 N–H and O–H groups in total. The molecule has 1 aliphatic rings. The number of nitrogens with zero attached hydrogens (tertiary/aromatic N) is 2.